The van der Waals surface area contributed by atoms with Gasteiger partial charge in [-0.15, -0.1) is 0 Å². The molecular formula is C13H15N3O2S. The van der Waals surface area contributed by atoms with Crippen molar-refractivity contribution >= 4 is 34.3 Å². The van der Waals surface area contributed by atoms with Crippen LogP contribution in [0, 0.1) is 0 Å². The van der Waals surface area contributed by atoms with Crippen molar-refractivity contribution in [2.45, 2.75) is 18.9 Å². The topological polar surface area (TPSA) is 75.4 Å². The van der Waals surface area contributed by atoms with Gasteiger partial charge in [-0.2, -0.15) is 0 Å². The second-order valence-corrected chi connectivity index (χ2v) is 5.73. The number of amides is 2. The molecule has 0 radical (unpaired) electrons. The van der Waals surface area contributed by atoms with Gasteiger partial charge in [0.2, 0.25) is 5.91 Å². The van der Waals surface area contributed by atoms with E-state index in [2.05, 4.69) is 5.32 Å². The molecule has 2 aliphatic heterocycles. The zero-order valence-electron chi connectivity index (χ0n) is 10.4. The normalized spacial score (nSPS) is 22.0. The van der Waals surface area contributed by atoms with Crippen LogP contribution in [0.2, 0.25) is 0 Å². The van der Waals surface area contributed by atoms with Crippen LogP contribution in [-0.4, -0.2) is 29.5 Å². The number of fused-ring (bicyclic) bond motifs is 1. The minimum atomic E-state index is -0.412. The number of nitrogens with two attached hydrogens (primary N) is 1. The van der Waals surface area contributed by atoms with Gasteiger partial charge in [0.1, 0.15) is 6.04 Å². The highest BCUT2D eigenvalue weighted by Crippen LogP contribution is 2.32. The molecule has 1 aromatic carbocycles. The second kappa shape index (κ2) is 4.77. The lowest BCUT2D eigenvalue weighted by molar-refractivity contribution is -0.119. The Bertz CT molecular complexity index is 547. The van der Waals surface area contributed by atoms with Gasteiger partial charge in [0.05, 0.1) is 0 Å². The molecule has 1 saturated heterocycles. The molecule has 0 bridgehead atoms. The van der Waals surface area contributed by atoms with Crippen LogP contribution in [-0.2, 0) is 11.2 Å². The van der Waals surface area contributed by atoms with E-state index in [0.717, 1.165) is 41.5 Å². The predicted molar refractivity (Wildman–Crippen MR) is 76.3 cm³/mol. The van der Waals surface area contributed by atoms with Crippen molar-refractivity contribution in [1.82, 2.24) is 5.32 Å². The van der Waals surface area contributed by atoms with Crippen molar-refractivity contribution < 1.29 is 9.59 Å². The lowest BCUT2D eigenvalue weighted by atomic mass is 9.99. The van der Waals surface area contributed by atoms with E-state index in [1.54, 1.807) is 4.90 Å². The maximum Gasteiger partial charge on any atom is 0.279 e. The molecular weight excluding hydrogens is 262 g/mol. The summed E-state index contributed by atoms with van der Waals surface area (Å²) in [4.78, 5) is 25.4. The zero-order valence-corrected chi connectivity index (χ0v) is 11.2. The molecule has 3 rings (SSSR count). The molecule has 2 aliphatic rings. The summed E-state index contributed by atoms with van der Waals surface area (Å²) in [6.07, 6.45) is 1.80. The van der Waals surface area contributed by atoms with E-state index in [0.29, 0.717) is 12.3 Å². The molecule has 0 aromatic heterocycles. The van der Waals surface area contributed by atoms with Crippen LogP contribution < -0.4 is 16.0 Å². The molecule has 19 heavy (non-hydrogen) atoms. The Labute approximate surface area is 115 Å². The van der Waals surface area contributed by atoms with Gasteiger partial charge in [-0.1, -0.05) is 17.8 Å². The summed E-state index contributed by atoms with van der Waals surface area (Å²) in [5, 5.41) is 2.58. The molecule has 6 heteroatoms. The third kappa shape index (κ3) is 2.16. The van der Waals surface area contributed by atoms with Gasteiger partial charge < -0.3 is 16.0 Å². The van der Waals surface area contributed by atoms with Crippen LogP contribution in [0.5, 0.6) is 0 Å². The van der Waals surface area contributed by atoms with Gasteiger partial charge >= 0.3 is 0 Å². The summed E-state index contributed by atoms with van der Waals surface area (Å²) in [5.74, 6) is 0.469. The van der Waals surface area contributed by atoms with Gasteiger partial charge in [0, 0.05) is 23.7 Å². The van der Waals surface area contributed by atoms with Gasteiger partial charge in [0.15, 0.2) is 0 Å². The number of anilines is 2. The third-order valence-electron chi connectivity index (χ3n) is 3.52. The minimum absolute atomic E-state index is 0.0371. The number of carbonyl (C=O) groups excluding carboxylic acids is 2. The molecule has 5 nitrogen and oxygen atoms in total. The highest BCUT2D eigenvalue weighted by atomic mass is 32.2. The van der Waals surface area contributed by atoms with Crippen LogP contribution >= 0.6 is 11.8 Å². The van der Waals surface area contributed by atoms with Crippen molar-refractivity contribution in [3.63, 3.8) is 0 Å². The van der Waals surface area contributed by atoms with E-state index in [-0.39, 0.29) is 11.1 Å². The van der Waals surface area contributed by atoms with Gasteiger partial charge in [-0.05, 0) is 30.5 Å². The van der Waals surface area contributed by atoms with E-state index in [9.17, 15) is 9.59 Å². The smallest absolute Gasteiger partial charge is 0.279 e. The fraction of sp³-hybridized carbons (Fsp3) is 0.385. The van der Waals surface area contributed by atoms with Crippen LogP contribution in [0.25, 0.3) is 0 Å². The average Bonchev–Trinajstić information content (AvgIpc) is 2.85. The van der Waals surface area contributed by atoms with Crippen molar-refractivity contribution in [3.05, 3.63) is 23.8 Å². The molecule has 2 heterocycles. The van der Waals surface area contributed by atoms with E-state index in [4.69, 9.17) is 5.73 Å². The number of nitrogens with zero attached hydrogens (tertiary/aromatic N) is 1. The van der Waals surface area contributed by atoms with Crippen LogP contribution in [0.15, 0.2) is 18.2 Å². The number of nitrogens with one attached hydrogen (secondary N) is 1. The first-order valence-corrected chi connectivity index (χ1v) is 7.27. The summed E-state index contributed by atoms with van der Waals surface area (Å²) in [6.45, 7) is 0.687. The summed E-state index contributed by atoms with van der Waals surface area (Å²) in [6, 6.07) is 5.24. The highest BCUT2D eigenvalue weighted by molar-refractivity contribution is 8.14. The van der Waals surface area contributed by atoms with Crippen molar-refractivity contribution in [2.24, 2.45) is 0 Å². The number of nitrogen functional groups attached to an aromatic ring is 1. The maximum atomic E-state index is 12.5. The standard InChI is InChI=1S/C13H15N3O2S/c14-9-4-1-5-11-8(9)3-2-6-16(11)12(17)10-7-19-13(18)15-10/h1,4-5,10H,2-3,6-7,14H2,(H,15,18). The number of hydrogen-bond acceptors (Lipinski definition) is 4. The van der Waals surface area contributed by atoms with Gasteiger partial charge in [-0.25, -0.2) is 0 Å². The quantitative estimate of drug-likeness (QED) is 0.760. The first-order valence-electron chi connectivity index (χ1n) is 6.29. The zero-order chi connectivity index (χ0) is 13.4. The number of thioether (sulfide) groups is 1. The van der Waals surface area contributed by atoms with Crippen LogP contribution in [0.3, 0.4) is 0 Å². The van der Waals surface area contributed by atoms with E-state index >= 15 is 0 Å². The van der Waals surface area contributed by atoms with E-state index in [1.807, 2.05) is 18.2 Å². The largest absolute Gasteiger partial charge is 0.398 e. The molecule has 1 fully saturated rings. The number of carbonyl (C=O) groups is 2. The Morgan fingerprint density at radius 3 is 3.05 bits per heavy atom. The first-order chi connectivity index (χ1) is 9.16. The van der Waals surface area contributed by atoms with E-state index < -0.39 is 6.04 Å². The third-order valence-corrected chi connectivity index (χ3v) is 4.40. The molecule has 100 valence electrons. The lowest BCUT2D eigenvalue weighted by Gasteiger charge is -2.31. The Morgan fingerprint density at radius 2 is 2.32 bits per heavy atom. The van der Waals surface area contributed by atoms with Gasteiger partial charge in [0.25, 0.3) is 5.24 Å². The Balaban J connectivity index is 1.89. The molecule has 1 aromatic rings. The van der Waals surface area contributed by atoms with Gasteiger partial charge in [-0.3, -0.25) is 9.59 Å². The van der Waals surface area contributed by atoms with Crippen molar-refractivity contribution in [1.29, 1.82) is 0 Å². The summed E-state index contributed by atoms with van der Waals surface area (Å²) in [7, 11) is 0. The average molecular weight is 277 g/mol. The Kier molecular flexibility index (Phi) is 3.10. The van der Waals surface area contributed by atoms with Crippen molar-refractivity contribution in [3.8, 4) is 0 Å². The number of rotatable bonds is 1. The number of benzene rings is 1. The highest BCUT2D eigenvalue weighted by Gasteiger charge is 2.34. The molecule has 1 unspecified atom stereocenters. The van der Waals surface area contributed by atoms with Crippen LogP contribution in [0.4, 0.5) is 16.2 Å². The van der Waals surface area contributed by atoms with E-state index in [1.165, 1.54) is 0 Å². The fourth-order valence-corrected chi connectivity index (χ4v) is 3.36. The fourth-order valence-electron chi connectivity index (χ4n) is 2.59. The number of hydrogen-bond donors (Lipinski definition) is 2. The minimum Gasteiger partial charge on any atom is -0.398 e. The molecule has 3 N–H and O–H groups in total. The first kappa shape index (κ1) is 12.3. The Morgan fingerprint density at radius 1 is 1.47 bits per heavy atom. The lowest BCUT2D eigenvalue weighted by Crippen LogP contribution is -2.47. The molecule has 1 atom stereocenters. The summed E-state index contributed by atoms with van der Waals surface area (Å²) >= 11 is 1.16. The molecule has 0 spiro atoms. The van der Waals surface area contributed by atoms with Crippen LogP contribution in [0.1, 0.15) is 12.0 Å². The maximum absolute atomic E-state index is 12.5. The summed E-state index contributed by atoms with van der Waals surface area (Å²) in [5.41, 5.74) is 8.64. The SMILES string of the molecule is Nc1cccc2c1CCCN2C(=O)C1CSC(=O)N1. The summed E-state index contributed by atoms with van der Waals surface area (Å²) < 4.78 is 0. The Hall–Kier alpha value is -1.69. The molecule has 0 aliphatic carbocycles. The molecule has 2 amide bonds. The monoisotopic (exact) mass is 277 g/mol. The second-order valence-electron chi connectivity index (χ2n) is 4.73. The predicted octanol–water partition coefficient (Wildman–Crippen LogP) is 1.37. The van der Waals surface area contributed by atoms with Crippen molar-refractivity contribution in [2.75, 3.05) is 22.9 Å². The molecule has 0 saturated carbocycles.